The second-order valence-electron chi connectivity index (χ2n) is 6.33. The molecular weight excluding hydrogens is 532 g/mol. The number of phosphoric acid groups is 1. The number of H-pyrrole nitrogens is 1. The first-order valence-electron chi connectivity index (χ1n) is 7.98. The molecule has 0 radical (unpaired) electrons. The van der Waals surface area contributed by atoms with E-state index in [4.69, 9.17) is 37.7 Å². The van der Waals surface area contributed by atoms with Crippen molar-refractivity contribution in [2.45, 2.75) is 35.6 Å². The summed E-state index contributed by atoms with van der Waals surface area (Å²) in [6, 6.07) is 0. The first-order valence-corrected chi connectivity index (χ1v) is 13.4. The van der Waals surface area contributed by atoms with Crippen molar-refractivity contribution in [1.82, 2.24) is 9.55 Å². The Balaban J connectivity index is 2.09. The standard InChI is InChI=1S/C11H17Cl2N2O13P3/c1-5-3-15(10(18)14-9(5)17)8-2-6(16)7(27-8)4-26-31(24,25)28-30(22,23)11(12,13)29(19,20)21/h3,6-8,16H,2,4H2,1H3,(H,22,23)(H,24,25)(H,14,17,18)(H2,19,20,21)/t6-,7+,8+/m0/s1. The minimum Gasteiger partial charge on any atom is -0.390 e. The molecule has 178 valence electrons. The van der Waals surface area contributed by atoms with Crippen LogP contribution >= 0.6 is 46.2 Å². The van der Waals surface area contributed by atoms with Crippen LogP contribution in [-0.4, -0.2) is 56.9 Å². The van der Waals surface area contributed by atoms with Gasteiger partial charge in [0.25, 0.3) is 5.56 Å². The van der Waals surface area contributed by atoms with Gasteiger partial charge in [-0.3, -0.25) is 28.0 Å². The molecule has 1 aliphatic rings. The van der Waals surface area contributed by atoms with Gasteiger partial charge in [-0.15, -0.1) is 0 Å². The highest BCUT2D eigenvalue weighted by Gasteiger charge is 2.62. The first kappa shape index (κ1) is 26.9. The fourth-order valence-corrected chi connectivity index (χ4v) is 6.62. The van der Waals surface area contributed by atoms with Gasteiger partial charge in [0.15, 0.2) is 0 Å². The molecule has 0 aliphatic carbocycles. The first-order chi connectivity index (χ1) is 13.9. The van der Waals surface area contributed by atoms with Crippen LogP contribution in [0.5, 0.6) is 0 Å². The zero-order valence-electron chi connectivity index (χ0n) is 15.3. The van der Waals surface area contributed by atoms with Crippen molar-refractivity contribution in [3.05, 3.63) is 32.6 Å². The lowest BCUT2D eigenvalue weighted by Crippen LogP contribution is -2.33. The van der Waals surface area contributed by atoms with Gasteiger partial charge in [0.05, 0.1) is 12.7 Å². The number of phosphoric ester groups is 1. The van der Waals surface area contributed by atoms with Crippen molar-refractivity contribution in [3.8, 4) is 0 Å². The van der Waals surface area contributed by atoms with Crippen molar-refractivity contribution in [1.29, 1.82) is 0 Å². The summed E-state index contributed by atoms with van der Waals surface area (Å²) in [5.74, 6) is 0. The maximum absolute atomic E-state index is 11.9. The molecule has 0 saturated carbocycles. The molecule has 31 heavy (non-hydrogen) atoms. The molecule has 1 aliphatic heterocycles. The van der Waals surface area contributed by atoms with Crippen molar-refractivity contribution in [3.63, 3.8) is 0 Å². The van der Waals surface area contributed by atoms with Crippen molar-refractivity contribution in [2.24, 2.45) is 0 Å². The Labute approximate surface area is 182 Å². The van der Waals surface area contributed by atoms with E-state index in [-0.39, 0.29) is 12.0 Å². The minimum atomic E-state index is -5.84. The lowest BCUT2D eigenvalue weighted by atomic mass is 10.2. The summed E-state index contributed by atoms with van der Waals surface area (Å²) in [5, 5.41) is 10.0. The molecule has 2 rings (SSSR count). The summed E-state index contributed by atoms with van der Waals surface area (Å²) in [4.78, 5) is 62.4. The van der Waals surface area contributed by atoms with Crippen LogP contribution in [0.4, 0.5) is 0 Å². The molecule has 6 N–H and O–H groups in total. The Hall–Kier alpha value is -0.370. The molecule has 1 aromatic heterocycles. The van der Waals surface area contributed by atoms with E-state index in [1.54, 1.807) is 0 Å². The normalized spacial score (nSPS) is 26.4. The summed E-state index contributed by atoms with van der Waals surface area (Å²) < 4.78 is 45.9. The lowest BCUT2D eigenvalue weighted by Gasteiger charge is -2.26. The van der Waals surface area contributed by atoms with Gasteiger partial charge in [0.2, 0.25) is 0 Å². The van der Waals surface area contributed by atoms with Gasteiger partial charge in [0.1, 0.15) is 12.3 Å². The monoisotopic (exact) mass is 548 g/mol. The number of hydrogen-bond acceptors (Lipinski definition) is 9. The molecule has 0 bridgehead atoms. The average molecular weight is 549 g/mol. The summed E-state index contributed by atoms with van der Waals surface area (Å²) in [6.45, 7) is 0.495. The maximum Gasteiger partial charge on any atom is 0.479 e. The van der Waals surface area contributed by atoms with Gasteiger partial charge in [-0.05, 0) is 6.92 Å². The fraction of sp³-hybridized carbons (Fsp3) is 0.636. The van der Waals surface area contributed by atoms with E-state index in [9.17, 15) is 38.2 Å². The summed E-state index contributed by atoms with van der Waals surface area (Å²) in [7, 11) is -17.0. The topological polar surface area (TPSA) is 235 Å². The second-order valence-corrected chi connectivity index (χ2v) is 14.4. The van der Waals surface area contributed by atoms with E-state index in [1.165, 1.54) is 13.1 Å². The number of nitrogens with one attached hydrogen (secondary N) is 1. The Morgan fingerprint density at radius 3 is 2.39 bits per heavy atom. The van der Waals surface area contributed by atoms with Gasteiger partial charge < -0.3 is 29.4 Å². The number of aliphatic hydroxyl groups excluding tert-OH is 1. The summed E-state index contributed by atoms with van der Waals surface area (Å²) in [5.41, 5.74) is -1.30. The number of hydrogen-bond donors (Lipinski definition) is 6. The van der Waals surface area contributed by atoms with E-state index in [0.717, 1.165) is 4.57 Å². The predicted molar refractivity (Wildman–Crippen MR) is 104 cm³/mol. The van der Waals surface area contributed by atoms with Crippen molar-refractivity contribution < 1.29 is 51.9 Å². The van der Waals surface area contributed by atoms with Crippen LogP contribution in [0.3, 0.4) is 0 Å². The molecule has 1 saturated heterocycles. The highest BCUT2D eigenvalue weighted by atomic mass is 35.5. The predicted octanol–water partition coefficient (Wildman–Crippen LogP) is 0.0790. The van der Waals surface area contributed by atoms with Gasteiger partial charge in [0, 0.05) is 18.2 Å². The maximum atomic E-state index is 11.9. The third kappa shape index (κ3) is 5.96. The zero-order chi connectivity index (χ0) is 24.0. The summed E-state index contributed by atoms with van der Waals surface area (Å²) >= 11 is 10.3. The van der Waals surface area contributed by atoms with Gasteiger partial charge in [-0.2, -0.15) is 0 Å². The van der Waals surface area contributed by atoms with Crippen LogP contribution in [0.15, 0.2) is 15.8 Å². The highest BCUT2D eigenvalue weighted by Crippen LogP contribution is 2.79. The minimum absolute atomic E-state index is 0.167. The molecule has 15 nitrogen and oxygen atoms in total. The zero-order valence-corrected chi connectivity index (χ0v) is 19.5. The Kier molecular flexibility index (Phi) is 7.90. The van der Waals surface area contributed by atoms with Crippen LogP contribution in [0, 0.1) is 6.92 Å². The second kappa shape index (κ2) is 9.11. The largest absolute Gasteiger partial charge is 0.479 e. The van der Waals surface area contributed by atoms with Crippen LogP contribution in [0.25, 0.3) is 0 Å². The number of alkyl halides is 2. The van der Waals surface area contributed by atoms with Crippen LogP contribution in [0.1, 0.15) is 18.2 Å². The number of aliphatic hydroxyl groups is 1. The Morgan fingerprint density at radius 1 is 1.26 bits per heavy atom. The summed E-state index contributed by atoms with van der Waals surface area (Å²) in [6.07, 6.45) is -2.81. The number of halogens is 2. The average Bonchev–Trinajstić information content (AvgIpc) is 2.95. The SMILES string of the molecule is Cc1cn([C@H]2C[C@H](O)[C@@H](COP(=O)(O)OP(=O)(O)C(Cl)(Cl)P(=O)(O)O)O2)c(=O)[nH]c1=O. The molecule has 0 amide bonds. The van der Waals surface area contributed by atoms with Gasteiger partial charge in [-0.25, -0.2) is 13.7 Å². The third-order valence-electron chi connectivity index (χ3n) is 3.97. The number of ether oxygens (including phenoxy) is 1. The van der Waals surface area contributed by atoms with Crippen LogP contribution < -0.4 is 11.2 Å². The van der Waals surface area contributed by atoms with E-state index in [2.05, 4.69) is 8.83 Å². The highest BCUT2D eigenvalue weighted by molar-refractivity contribution is 7.81. The molecule has 1 fully saturated rings. The molecule has 1 aromatic rings. The van der Waals surface area contributed by atoms with Crippen molar-refractivity contribution >= 4 is 46.2 Å². The quantitative estimate of drug-likeness (QED) is 0.186. The molecule has 0 spiro atoms. The number of aromatic nitrogens is 2. The molecule has 0 aromatic carbocycles. The number of aryl methyl sites for hydroxylation is 1. The number of aromatic amines is 1. The number of rotatable bonds is 8. The van der Waals surface area contributed by atoms with Crippen molar-refractivity contribution in [2.75, 3.05) is 6.61 Å². The van der Waals surface area contributed by atoms with E-state index < -0.39 is 63.1 Å². The molecule has 20 heteroatoms. The Bertz CT molecular complexity index is 1100. The molecule has 2 unspecified atom stereocenters. The number of nitrogens with zero attached hydrogens (tertiary/aromatic N) is 1. The van der Waals surface area contributed by atoms with Gasteiger partial charge in [-0.1, -0.05) is 23.2 Å². The molecular formula is C11H17Cl2N2O13P3. The smallest absolute Gasteiger partial charge is 0.390 e. The molecule has 2 heterocycles. The third-order valence-corrected chi connectivity index (χ3v) is 11.7. The van der Waals surface area contributed by atoms with Crippen LogP contribution in [0.2, 0.25) is 0 Å². The van der Waals surface area contributed by atoms with Crippen LogP contribution in [-0.2, 0) is 27.3 Å². The van der Waals surface area contributed by atoms with E-state index >= 15 is 0 Å². The van der Waals surface area contributed by atoms with E-state index in [0.29, 0.717) is 0 Å². The van der Waals surface area contributed by atoms with Gasteiger partial charge >= 0.3 is 32.5 Å². The molecule has 5 atom stereocenters. The lowest BCUT2D eigenvalue weighted by molar-refractivity contribution is -0.0448. The Morgan fingerprint density at radius 2 is 1.84 bits per heavy atom. The fourth-order valence-electron chi connectivity index (χ4n) is 2.38. The van der Waals surface area contributed by atoms with E-state index in [1.807, 2.05) is 4.98 Å².